The molecular formula is C15H19BrO4. The van der Waals surface area contributed by atoms with E-state index in [1.165, 1.54) is 0 Å². The average molecular weight is 343 g/mol. The highest BCUT2D eigenvalue weighted by molar-refractivity contribution is 9.10. The fourth-order valence-corrected chi connectivity index (χ4v) is 2.20. The molecule has 0 bridgehead atoms. The van der Waals surface area contributed by atoms with E-state index in [9.17, 15) is 9.59 Å². The minimum atomic E-state index is -0.822. The maximum Gasteiger partial charge on any atom is 0.303 e. The van der Waals surface area contributed by atoms with Gasteiger partial charge < -0.3 is 9.84 Å². The Hall–Kier alpha value is -1.36. The molecule has 0 saturated carbocycles. The monoisotopic (exact) mass is 342 g/mol. The van der Waals surface area contributed by atoms with Gasteiger partial charge in [0.25, 0.3) is 0 Å². The number of carboxylic acids is 1. The van der Waals surface area contributed by atoms with Crippen LogP contribution in [0, 0.1) is 0 Å². The Balaban J connectivity index is 2.52. The number of halogens is 1. The van der Waals surface area contributed by atoms with Crippen LogP contribution in [0.4, 0.5) is 0 Å². The second-order valence-corrected chi connectivity index (χ2v) is 5.37. The van der Waals surface area contributed by atoms with Crippen LogP contribution in [0.1, 0.15) is 49.4 Å². The van der Waals surface area contributed by atoms with Crippen LogP contribution >= 0.6 is 15.9 Å². The summed E-state index contributed by atoms with van der Waals surface area (Å²) in [5.74, 6) is -0.0648. The zero-order valence-electron chi connectivity index (χ0n) is 11.5. The van der Waals surface area contributed by atoms with Crippen LogP contribution in [-0.2, 0) is 4.79 Å². The molecule has 0 amide bonds. The number of aliphatic carboxylic acids is 1. The van der Waals surface area contributed by atoms with Gasteiger partial charge in [0, 0.05) is 18.4 Å². The fourth-order valence-electron chi connectivity index (χ4n) is 1.71. The van der Waals surface area contributed by atoms with E-state index in [1.807, 2.05) is 6.92 Å². The molecule has 110 valence electrons. The van der Waals surface area contributed by atoms with Crippen molar-refractivity contribution in [3.05, 3.63) is 28.2 Å². The number of benzene rings is 1. The molecule has 1 aromatic rings. The summed E-state index contributed by atoms with van der Waals surface area (Å²) in [6.07, 6.45) is 2.53. The summed E-state index contributed by atoms with van der Waals surface area (Å²) in [5.41, 5.74) is 0.621. The standard InChI is InChI=1S/C15H19BrO4/c1-2-9-20-14-8-7-11(10-12(14)16)13(17)5-3-4-6-15(18)19/h7-8,10H,2-6,9H2,1H3,(H,18,19). The molecule has 0 aliphatic carbocycles. The lowest BCUT2D eigenvalue weighted by Crippen LogP contribution is -2.02. The summed E-state index contributed by atoms with van der Waals surface area (Å²) in [4.78, 5) is 22.3. The lowest BCUT2D eigenvalue weighted by atomic mass is 10.0. The highest BCUT2D eigenvalue weighted by Crippen LogP contribution is 2.26. The van der Waals surface area contributed by atoms with Gasteiger partial charge in [-0.3, -0.25) is 9.59 Å². The lowest BCUT2D eigenvalue weighted by Gasteiger charge is -2.08. The van der Waals surface area contributed by atoms with Crippen molar-refractivity contribution in [3.63, 3.8) is 0 Å². The number of hydrogen-bond acceptors (Lipinski definition) is 3. The number of carboxylic acid groups (broad SMARTS) is 1. The molecule has 0 aliphatic rings. The first kappa shape index (κ1) is 16.7. The molecule has 4 nitrogen and oxygen atoms in total. The molecule has 0 aromatic heterocycles. The van der Waals surface area contributed by atoms with Crippen LogP contribution in [-0.4, -0.2) is 23.5 Å². The van der Waals surface area contributed by atoms with Gasteiger partial charge in [-0.25, -0.2) is 0 Å². The molecule has 1 rings (SSSR count). The quantitative estimate of drug-likeness (QED) is 0.542. The molecule has 0 fully saturated rings. The van der Waals surface area contributed by atoms with Crippen molar-refractivity contribution in [1.82, 2.24) is 0 Å². The van der Waals surface area contributed by atoms with E-state index >= 15 is 0 Å². The molecular weight excluding hydrogens is 324 g/mol. The summed E-state index contributed by atoms with van der Waals surface area (Å²) in [5, 5.41) is 8.53. The number of ketones is 1. The van der Waals surface area contributed by atoms with Crippen LogP contribution in [0.15, 0.2) is 22.7 Å². The van der Waals surface area contributed by atoms with E-state index in [4.69, 9.17) is 9.84 Å². The van der Waals surface area contributed by atoms with E-state index in [1.54, 1.807) is 18.2 Å². The molecule has 0 atom stereocenters. The normalized spacial score (nSPS) is 10.3. The predicted molar refractivity (Wildman–Crippen MR) is 80.4 cm³/mol. The number of Topliss-reactive ketones (excluding diaryl/α,β-unsaturated/α-hetero) is 1. The van der Waals surface area contributed by atoms with Gasteiger partial charge in [-0.1, -0.05) is 6.92 Å². The van der Waals surface area contributed by atoms with E-state index in [0.29, 0.717) is 31.4 Å². The van der Waals surface area contributed by atoms with E-state index in [0.717, 1.165) is 16.6 Å². The Morgan fingerprint density at radius 2 is 1.95 bits per heavy atom. The molecule has 1 N–H and O–H groups in total. The fraction of sp³-hybridized carbons (Fsp3) is 0.467. The maximum absolute atomic E-state index is 12.0. The molecule has 0 aliphatic heterocycles. The van der Waals surface area contributed by atoms with Crippen molar-refractivity contribution >= 4 is 27.7 Å². The highest BCUT2D eigenvalue weighted by Gasteiger charge is 2.09. The maximum atomic E-state index is 12.0. The first-order valence-corrected chi connectivity index (χ1v) is 7.51. The molecule has 1 aromatic carbocycles. The van der Waals surface area contributed by atoms with E-state index in [2.05, 4.69) is 15.9 Å². The number of carbonyl (C=O) groups is 2. The Morgan fingerprint density at radius 3 is 2.55 bits per heavy atom. The van der Waals surface area contributed by atoms with Crippen LogP contribution in [0.25, 0.3) is 0 Å². The van der Waals surface area contributed by atoms with Gasteiger partial charge in [0.15, 0.2) is 5.78 Å². The number of unbranched alkanes of at least 4 members (excludes halogenated alkanes) is 1. The lowest BCUT2D eigenvalue weighted by molar-refractivity contribution is -0.137. The zero-order valence-corrected chi connectivity index (χ0v) is 13.1. The SMILES string of the molecule is CCCOc1ccc(C(=O)CCCCC(=O)O)cc1Br. The Bertz CT molecular complexity index is 471. The van der Waals surface area contributed by atoms with E-state index in [-0.39, 0.29) is 12.2 Å². The van der Waals surface area contributed by atoms with Crippen LogP contribution in [0.3, 0.4) is 0 Å². The summed E-state index contributed by atoms with van der Waals surface area (Å²) < 4.78 is 6.29. The van der Waals surface area contributed by atoms with Crippen LogP contribution < -0.4 is 4.74 Å². The van der Waals surface area contributed by atoms with Gasteiger partial charge in [0.05, 0.1) is 11.1 Å². The molecule has 20 heavy (non-hydrogen) atoms. The number of hydrogen-bond donors (Lipinski definition) is 1. The van der Waals surface area contributed by atoms with Crippen molar-refractivity contribution in [1.29, 1.82) is 0 Å². The summed E-state index contributed by atoms with van der Waals surface area (Å²) >= 11 is 3.39. The summed E-state index contributed by atoms with van der Waals surface area (Å²) in [6.45, 7) is 2.67. The third-order valence-corrected chi connectivity index (χ3v) is 3.38. The number of rotatable bonds is 9. The van der Waals surface area contributed by atoms with Gasteiger partial charge in [-0.2, -0.15) is 0 Å². The Labute approximate surface area is 127 Å². The van der Waals surface area contributed by atoms with Gasteiger partial charge in [-0.05, 0) is 53.4 Å². The molecule has 0 radical (unpaired) electrons. The van der Waals surface area contributed by atoms with Crippen molar-refractivity contribution in [2.45, 2.75) is 39.0 Å². The molecule has 0 spiro atoms. The zero-order chi connectivity index (χ0) is 15.0. The van der Waals surface area contributed by atoms with Crippen molar-refractivity contribution < 1.29 is 19.4 Å². The highest BCUT2D eigenvalue weighted by atomic mass is 79.9. The Kier molecular flexibility index (Phi) is 7.30. The minimum Gasteiger partial charge on any atom is -0.492 e. The molecule has 0 unspecified atom stereocenters. The molecule has 0 heterocycles. The largest absolute Gasteiger partial charge is 0.492 e. The average Bonchev–Trinajstić information content (AvgIpc) is 2.41. The van der Waals surface area contributed by atoms with E-state index < -0.39 is 5.97 Å². The minimum absolute atomic E-state index is 0.0260. The number of carbonyl (C=O) groups excluding carboxylic acids is 1. The second-order valence-electron chi connectivity index (χ2n) is 4.52. The number of ether oxygens (including phenoxy) is 1. The predicted octanol–water partition coefficient (Wildman–Crippen LogP) is 4.07. The van der Waals surface area contributed by atoms with Crippen molar-refractivity contribution in [3.8, 4) is 5.75 Å². The van der Waals surface area contributed by atoms with Crippen LogP contribution in [0.5, 0.6) is 5.75 Å². The van der Waals surface area contributed by atoms with Gasteiger partial charge in [0.2, 0.25) is 0 Å². The third kappa shape index (κ3) is 5.74. The first-order valence-electron chi connectivity index (χ1n) is 6.72. The van der Waals surface area contributed by atoms with Crippen molar-refractivity contribution in [2.24, 2.45) is 0 Å². The second kappa shape index (κ2) is 8.74. The third-order valence-electron chi connectivity index (χ3n) is 2.76. The first-order chi connectivity index (χ1) is 9.54. The van der Waals surface area contributed by atoms with Gasteiger partial charge >= 0.3 is 5.97 Å². The Morgan fingerprint density at radius 1 is 1.25 bits per heavy atom. The van der Waals surface area contributed by atoms with Crippen LogP contribution in [0.2, 0.25) is 0 Å². The van der Waals surface area contributed by atoms with Crippen molar-refractivity contribution in [2.75, 3.05) is 6.61 Å². The smallest absolute Gasteiger partial charge is 0.303 e. The summed E-state index contributed by atoms with van der Waals surface area (Å²) in [7, 11) is 0. The van der Waals surface area contributed by atoms with Gasteiger partial charge in [0.1, 0.15) is 5.75 Å². The molecule has 5 heteroatoms. The van der Waals surface area contributed by atoms with Gasteiger partial charge in [-0.15, -0.1) is 0 Å². The summed E-state index contributed by atoms with van der Waals surface area (Å²) in [6, 6.07) is 5.28. The topological polar surface area (TPSA) is 63.6 Å². The molecule has 0 saturated heterocycles.